The van der Waals surface area contributed by atoms with E-state index in [-0.39, 0.29) is 30.8 Å². The second-order valence-corrected chi connectivity index (χ2v) is 11.2. The highest BCUT2D eigenvalue weighted by Gasteiger charge is 2.26. The first-order valence-electron chi connectivity index (χ1n) is 12.8. The van der Waals surface area contributed by atoms with Crippen molar-refractivity contribution in [3.05, 3.63) is 65.7 Å². The predicted molar refractivity (Wildman–Crippen MR) is 146 cm³/mol. The number of nitrogens with one attached hydrogen (secondary N) is 1. The normalized spacial score (nSPS) is 13.0. The number of aryl methyl sites for hydroxylation is 1. The lowest BCUT2D eigenvalue weighted by Crippen LogP contribution is -2.50. The smallest absolute Gasteiger partial charge is 0.242 e. The Balaban J connectivity index is 2.11. The van der Waals surface area contributed by atoms with Crippen molar-refractivity contribution in [1.29, 1.82) is 0 Å². The molecular formula is C28H41N3O4S. The topological polar surface area (TPSA) is 86.8 Å². The molecule has 0 bridgehead atoms. The summed E-state index contributed by atoms with van der Waals surface area (Å²) in [5, 5.41) is 2.97. The van der Waals surface area contributed by atoms with Crippen molar-refractivity contribution < 1.29 is 18.0 Å². The molecule has 2 aromatic rings. The first-order chi connectivity index (χ1) is 17.1. The summed E-state index contributed by atoms with van der Waals surface area (Å²) in [6.07, 6.45) is 3.98. The number of carbonyl (C=O) groups is 2. The maximum atomic E-state index is 13.3. The number of hydrogen-bond acceptors (Lipinski definition) is 4. The van der Waals surface area contributed by atoms with Gasteiger partial charge in [-0.2, -0.15) is 0 Å². The molecule has 0 spiro atoms. The van der Waals surface area contributed by atoms with E-state index in [9.17, 15) is 18.0 Å². The number of sulfonamides is 1. The van der Waals surface area contributed by atoms with Crippen LogP contribution in [0.25, 0.3) is 0 Å². The molecule has 0 radical (unpaired) electrons. The Bertz CT molecular complexity index is 1070. The molecule has 0 saturated carbocycles. The van der Waals surface area contributed by atoms with Crippen molar-refractivity contribution in [1.82, 2.24) is 10.2 Å². The molecule has 2 unspecified atom stereocenters. The van der Waals surface area contributed by atoms with E-state index in [0.717, 1.165) is 24.0 Å². The van der Waals surface area contributed by atoms with Gasteiger partial charge in [0.05, 0.1) is 11.9 Å². The molecule has 0 aliphatic rings. The lowest BCUT2D eigenvalue weighted by atomic mass is 10.1. The van der Waals surface area contributed by atoms with E-state index in [2.05, 4.69) is 5.32 Å². The van der Waals surface area contributed by atoms with Gasteiger partial charge in [0.25, 0.3) is 0 Å². The Hall–Kier alpha value is -2.87. The monoisotopic (exact) mass is 515 g/mol. The maximum Gasteiger partial charge on any atom is 0.242 e. The minimum Gasteiger partial charge on any atom is -0.352 e. The van der Waals surface area contributed by atoms with Gasteiger partial charge in [-0.05, 0) is 62.8 Å². The van der Waals surface area contributed by atoms with Gasteiger partial charge < -0.3 is 10.2 Å². The van der Waals surface area contributed by atoms with Crippen LogP contribution in [0, 0.1) is 0 Å². The SMILES string of the molecule is CCc1ccc(N(CCCC(=O)N(CCc2ccccc2)C(C)C(=O)NC(C)CC)S(C)(=O)=O)cc1. The molecule has 1 N–H and O–H groups in total. The number of carbonyl (C=O) groups excluding carboxylic acids is 2. The second-order valence-electron chi connectivity index (χ2n) is 9.28. The summed E-state index contributed by atoms with van der Waals surface area (Å²) in [5.74, 6) is -0.341. The molecule has 0 aliphatic carbocycles. The van der Waals surface area contributed by atoms with Crippen LogP contribution in [-0.4, -0.2) is 56.6 Å². The zero-order valence-corrected chi connectivity index (χ0v) is 23.1. The van der Waals surface area contributed by atoms with Gasteiger partial charge in [0.2, 0.25) is 21.8 Å². The fraction of sp³-hybridized carbons (Fsp3) is 0.500. The van der Waals surface area contributed by atoms with Gasteiger partial charge in [-0.1, -0.05) is 56.3 Å². The quantitative estimate of drug-likeness (QED) is 0.409. The summed E-state index contributed by atoms with van der Waals surface area (Å²) in [5.41, 5.74) is 2.80. The second kappa shape index (κ2) is 14.0. The van der Waals surface area contributed by atoms with Crippen molar-refractivity contribution in [3.63, 3.8) is 0 Å². The summed E-state index contributed by atoms with van der Waals surface area (Å²) in [6, 6.07) is 16.7. The van der Waals surface area contributed by atoms with Gasteiger partial charge >= 0.3 is 0 Å². The molecule has 2 atom stereocenters. The number of hydrogen-bond donors (Lipinski definition) is 1. The van der Waals surface area contributed by atoms with Crippen LogP contribution in [0.15, 0.2) is 54.6 Å². The number of benzene rings is 2. The molecule has 2 amide bonds. The van der Waals surface area contributed by atoms with E-state index in [1.807, 2.05) is 63.2 Å². The van der Waals surface area contributed by atoms with Crippen LogP contribution in [0.5, 0.6) is 0 Å². The lowest BCUT2D eigenvalue weighted by molar-refractivity contribution is -0.140. The molecule has 2 rings (SSSR count). The van der Waals surface area contributed by atoms with Crippen molar-refractivity contribution in [3.8, 4) is 0 Å². The first-order valence-corrected chi connectivity index (χ1v) is 14.6. The van der Waals surface area contributed by atoms with Crippen molar-refractivity contribution in [2.24, 2.45) is 0 Å². The summed E-state index contributed by atoms with van der Waals surface area (Å²) >= 11 is 0. The van der Waals surface area contributed by atoms with E-state index in [1.54, 1.807) is 24.0 Å². The van der Waals surface area contributed by atoms with Crippen LogP contribution in [0.4, 0.5) is 5.69 Å². The summed E-state index contributed by atoms with van der Waals surface area (Å²) < 4.78 is 26.3. The van der Waals surface area contributed by atoms with E-state index >= 15 is 0 Å². The Morgan fingerprint density at radius 1 is 0.917 bits per heavy atom. The van der Waals surface area contributed by atoms with Crippen LogP contribution in [0.3, 0.4) is 0 Å². The average Bonchev–Trinajstić information content (AvgIpc) is 2.86. The average molecular weight is 516 g/mol. The Morgan fingerprint density at radius 3 is 2.11 bits per heavy atom. The third-order valence-electron chi connectivity index (χ3n) is 6.44. The molecule has 0 saturated heterocycles. The summed E-state index contributed by atoms with van der Waals surface area (Å²) in [6.45, 7) is 8.33. The molecule has 0 fully saturated rings. The fourth-order valence-corrected chi connectivity index (χ4v) is 4.90. The fourth-order valence-electron chi connectivity index (χ4n) is 3.94. The minimum atomic E-state index is -3.50. The first kappa shape index (κ1) is 29.4. The van der Waals surface area contributed by atoms with Gasteiger partial charge in [-0.25, -0.2) is 8.42 Å². The van der Waals surface area contributed by atoms with Crippen LogP contribution < -0.4 is 9.62 Å². The molecule has 8 heteroatoms. The lowest BCUT2D eigenvalue weighted by Gasteiger charge is -2.30. The minimum absolute atomic E-state index is 0.0217. The molecule has 2 aromatic carbocycles. The molecule has 0 aliphatic heterocycles. The molecule has 0 heterocycles. The van der Waals surface area contributed by atoms with Gasteiger partial charge in [0, 0.05) is 25.6 Å². The van der Waals surface area contributed by atoms with Crippen molar-refractivity contribution >= 4 is 27.5 Å². The predicted octanol–water partition coefficient (Wildman–Crippen LogP) is 4.17. The van der Waals surface area contributed by atoms with Crippen LogP contribution in [0.1, 0.15) is 58.1 Å². The Morgan fingerprint density at radius 2 is 1.56 bits per heavy atom. The molecule has 198 valence electrons. The van der Waals surface area contributed by atoms with Gasteiger partial charge in [-0.3, -0.25) is 13.9 Å². The highest BCUT2D eigenvalue weighted by atomic mass is 32.2. The van der Waals surface area contributed by atoms with Crippen LogP contribution >= 0.6 is 0 Å². The van der Waals surface area contributed by atoms with Crippen LogP contribution in [-0.2, 0) is 32.5 Å². The highest BCUT2D eigenvalue weighted by molar-refractivity contribution is 7.92. The third-order valence-corrected chi connectivity index (χ3v) is 7.63. The van der Waals surface area contributed by atoms with E-state index < -0.39 is 16.1 Å². The van der Waals surface area contributed by atoms with Gasteiger partial charge in [0.1, 0.15) is 6.04 Å². The van der Waals surface area contributed by atoms with Crippen LogP contribution in [0.2, 0.25) is 0 Å². The standard InChI is InChI=1S/C28H41N3O4S/c1-6-22(3)29-28(33)23(4)30(21-19-25-12-9-8-10-13-25)27(32)14-11-20-31(36(5,34)35)26-17-15-24(7-2)16-18-26/h8-10,12-13,15-18,22-23H,6-7,11,14,19-21H2,1-5H3,(H,29,33). The Kier molecular flexibility index (Phi) is 11.4. The summed E-state index contributed by atoms with van der Waals surface area (Å²) in [7, 11) is -3.50. The summed E-state index contributed by atoms with van der Waals surface area (Å²) in [4.78, 5) is 27.7. The molecule has 0 aromatic heterocycles. The molecule has 7 nitrogen and oxygen atoms in total. The van der Waals surface area contributed by atoms with Crippen molar-refractivity contribution in [2.45, 2.75) is 71.9 Å². The van der Waals surface area contributed by atoms with Crippen molar-refractivity contribution in [2.75, 3.05) is 23.7 Å². The zero-order chi connectivity index (χ0) is 26.7. The number of rotatable bonds is 14. The third kappa shape index (κ3) is 8.97. The number of anilines is 1. The highest BCUT2D eigenvalue weighted by Crippen LogP contribution is 2.20. The molecular weight excluding hydrogens is 474 g/mol. The maximum absolute atomic E-state index is 13.3. The van der Waals surface area contributed by atoms with Gasteiger partial charge in [0.15, 0.2) is 0 Å². The number of nitrogens with zero attached hydrogens (tertiary/aromatic N) is 2. The number of amides is 2. The van der Waals surface area contributed by atoms with E-state index in [4.69, 9.17) is 0 Å². The Labute approximate surface area is 216 Å². The zero-order valence-electron chi connectivity index (χ0n) is 22.2. The molecule has 36 heavy (non-hydrogen) atoms. The largest absolute Gasteiger partial charge is 0.352 e. The van der Waals surface area contributed by atoms with E-state index in [1.165, 1.54) is 10.6 Å². The van der Waals surface area contributed by atoms with E-state index in [0.29, 0.717) is 25.1 Å². The van der Waals surface area contributed by atoms with Gasteiger partial charge in [-0.15, -0.1) is 0 Å².